The topological polar surface area (TPSA) is 107 Å². The molecule has 218 valence electrons. The van der Waals surface area contributed by atoms with Gasteiger partial charge in [0.15, 0.2) is 11.5 Å². The summed E-state index contributed by atoms with van der Waals surface area (Å²) in [5.74, 6) is 0.684. The van der Waals surface area contributed by atoms with Crippen molar-refractivity contribution >= 4 is 17.9 Å². The standard InChI is InChI=1S/C35H28N4O5/c1-4-14-42-27-11-12-28(22(2)15-27)33-25(20-39(37-33)26-8-6-5-7-9-26)17-29-23(3)30(18-36)35(41)38(34(29)40)19-24-10-13-31-32(16-24)44-21-43-31/h4-13,15-17,20H,1,14,19,21H2,2-3H3/b29-17+. The second kappa shape index (κ2) is 11.8. The van der Waals surface area contributed by atoms with Crippen LogP contribution in [0.5, 0.6) is 17.2 Å². The van der Waals surface area contributed by atoms with Crippen LogP contribution in [0.3, 0.4) is 0 Å². The Morgan fingerprint density at radius 1 is 1.02 bits per heavy atom. The van der Waals surface area contributed by atoms with E-state index in [1.165, 1.54) is 0 Å². The van der Waals surface area contributed by atoms with Crippen LogP contribution in [-0.4, -0.2) is 39.9 Å². The zero-order valence-corrected chi connectivity index (χ0v) is 24.2. The minimum absolute atomic E-state index is 0.0362. The first kappa shape index (κ1) is 28.2. The summed E-state index contributed by atoms with van der Waals surface area (Å²) in [7, 11) is 0. The van der Waals surface area contributed by atoms with Gasteiger partial charge in [0.05, 0.1) is 12.2 Å². The molecule has 2 aliphatic heterocycles. The number of amides is 2. The second-order valence-corrected chi connectivity index (χ2v) is 10.3. The van der Waals surface area contributed by atoms with Crippen LogP contribution in [0.25, 0.3) is 23.0 Å². The fourth-order valence-electron chi connectivity index (χ4n) is 5.21. The Morgan fingerprint density at radius 3 is 2.57 bits per heavy atom. The van der Waals surface area contributed by atoms with E-state index in [2.05, 4.69) is 6.58 Å². The van der Waals surface area contributed by atoms with E-state index in [9.17, 15) is 14.9 Å². The van der Waals surface area contributed by atoms with Crippen molar-refractivity contribution in [2.24, 2.45) is 0 Å². The van der Waals surface area contributed by atoms with E-state index in [0.717, 1.165) is 21.7 Å². The van der Waals surface area contributed by atoms with Gasteiger partial charge in [0.25, 0.3) is 11.8 Å². The molecular weight excluding hydrogens is 556 g/mol. The first-order valence-corrected chi connectivity index (χ1v) is 14.0. The number of imide groups is 1. The number of ether oxygens (including phenoxy) is 3. The molecule has 0 atom stereocenters. The van der Waals surface area contributed by atoms with Crippen LogP contribution < -0.4 is 14.2 Å². The van der Waals surface area contributed by atoms with Gasteiger partial charge in [0.2, 0.25) is 6.79 Å². The molecule has 0 bridgehead atoms. The summed E-state index contributed by atoms with van der Waals surface area (Å²) in [5.41, 5.74) is 5.00. The molecule has 0 N–H and O–H groups in total. The highest BCUT2D eigenvalue weighted by Gasteiger charge is 2.36. The third kappa shape index (κ3) is 5.25. The van der Waals surface area contributed by atoms with Gasteiger partial charge in [-0.2, -0.15) is 10.4 Å². The number of aromatic nitrogens is 2. The number of nitriles is 1. The molecular formula is C35H28N4O5. The molecule has 0 spiro atoms. The van der Waals surface area contributed by atoms with Crippen molar-refractivity contribution in [3.8, 4) is 40.3 Å². The predicted octanol–water partition coefficient (Wildman–Crippen LogP) is 5.93. The molecule has 9 heteroatoms. The summed E-state index contributed by atoms with van der Waals surface area (Å²) in [4.78, 5) is 28.4. The van der Waals surface area contributed by atoms with Crippen LogP contribution in [0.4, 0.5) is 0 Å². The van der Waals surface area contributed by atoms with Crippen molar-refractivity contribution in [2.45, 2.75) is 20.4 Å². The number of aryl methyl sites for hydroxylation is 1. The lowest BCUT2D eigenvalue weighted by Gasteiger charge is -2.27. The third-order valence-corrected chi connectivity index (χ3v) is 7.49. The molecule has 0 radical (unpaired) electrons. The van der Waals surface area contributed by atoms with E-state index in [4.69, 9.17) is 19.3 Å². The molecule has 6 rings (SSSR count). The number of hydrogen-bond acceptors (Lipinski definition) is 7. The highest BCUT2D eigenvalue weighted by molar-refractivity contribution is 6.19. The Balaban J connectivity index is 1.45. The fraction of sp³-hybridized carbons (Fsp3) is 0.143. The predicted molar refractivity (Wildman–Crippen MR) is 164 cm³/mol. The van der Waals surface area contributed by atoms with Crippen LogP contribution >= 0.6 is 0 Å². The lowest BCUT2D eigenvalue weighted by atomic mass is 9.92. The lowest BCUT2D eigenvalue weighted by molar-refractivity contribution is -0.141. The van der Waals surface area contributed by atoms with E-state index in [1.807, 2.05) is 67.7 Å². The average molecular weight is 585 g/mol. The van der Waals surface area contributed by atoms with Crippen LogP contribution in [0.1, 0.15) is 23.6 Å². The number of nitrogens with zero attached hydrogens (tertiary/aromatic N) is 4. The number of fused-ring (bicyclic) bond motifs is 1. The molecule has 9 nitrogen and oxygen atoms in total. The highest BCUT2D eigenvalue weighted by Crippen LogP contribution is 2.36. The Hall–Kier alpha value is -5.88. The molecule has 0 aliphatic carbocycles. The van der Waals surface area contributed by atoms with Gasteiger partial charge in [0, 0.05) is 22.9 Å². The van der Waals surface area contributed by atoms with E-state index in [1.54, 1.807) is 42.0 Å². The maximum absolute atomic E-state index is 14.0. The van der Waals surface area contributed by atoms with E-state index in [0.29, 0.717) is 46.2 Å². The summed E-state index contributed by atoms with van der Waals surface area (Å²) >= 11 is 0. The normalized spacial score (nSPS) is 15.1. The molecule has 1 aromatic heterocycles. The molecule has 3 aromatic carbocycles. The number of carbonyl (C=O) groups excluding carboxylic acids is 2. The Kier molecular flexibility index (Phi) is 7.56. The van der Waals surface area contributed by atoms with Crippen molar-refractivity contribution in [3.63, 3.8) is 0 Å². The van der Waals surface area contributed by atoms with Crippen LogP contribution in [0, 0.1) is 18.3 Å². The fourth-order valence-corrected chi connectivity index (χ4v) is 5.21. The minimum Gasteiger partial charge on any atom is -0.490 e. The molecule has 2 amide bonds. The van der Waals surface area contributed by atoms with Crippen LogP contribution in [-0.2, 0) is 16.1 Å². The molecule has 3 heterocycles. The molecule has 2 aliphatic rings. The smallest absolute Gasteiger partial charge is 0.271 e. The first-order valence-electron chi connectivity index (χ1n) is 14.0. The number of carbonyl (C=O) groups is 2. The van der Waals surface area contributed by atoms with Gasteiger partial charge >= 0.3 is 0 Å². The van der Waals surface area contributed by atoms with Crippen molar-refractivity contribution in [1.29, 1.82) is 5.26 Å². The number of benzene rings is 3. The van der Waals surface area contributed by atoms with Crippen LogP contribution in [0.2, 0.25) is 0 Å². The van der Waals surface area contributed by atoms with Gasteiger partial charge in [-0.25, -0.2) is 4.68 Å². The Labute approximate surface area is 254 Å². The van der Waals surface area contributed by atoms with Crippen LogP contribution in [0.15, 0.2) is 102 Å². The zero-order chi connectivity index (χ0) is 30.8. The maximum atomic E-state index is 14.0. The van der Waals surface area contributed by atoms with Gasteiger partial charge in [-0.3, -0.25) is 14.5 Å². The molecule has 4 aromatic rings. The van der Waals surface area contributed by atoms with Gasteiger partial charge < -0.3 is 14.2 Å². The minimum atomic E-state index is -0.643. The van der Waals surface area contributed by atoms with Gasteiger partial charge in [-0.1, -0.05) is 36.9 Å². The number of para-hydroxylation sites is 1. The van der Waals surface area contributed by atoms with Gasteiger partial charge in [-0.15, -0.1) is 0 Å². The molecule has 0 saturated heterocycles. The number of hydrogen-bond donors (Lipinski definition) is 0. The molecule has 44 heavy (non-hydrogen) atoms. The average Bonchev–Trinajstić information content (AvgIpc) is 3.68. The van der Waals surface area contributed by atoms with Crippen molar-refractivity contribution < 1.29 is 23.8 Å². The summed E-state index contributed by atoms with van der Waals surface area (Å²) in [6, 6.07) is 22.6. The zero-order valence-electron chi connectivity index (χ0n) is 24.2. The summed E-state index contributed by atoms with van der Waals surface area (Å²) in [6.07, 6.45) is 5.23. The molecule has 0 fully saturated rings. The number of rotatable bonds is 8. The molecule has 0 saturated carbocycles. The van der Waals surface area contributed by atoms with E-state index < -0.39 is 11.8 Å². The Morgan fingerprint density at radius 2 is 1.82 bits per heavy atom. The first-order chi connectivity index (χ1) is 21.4. The van der Waals surface area contributed by atoms with E-state index >= 15 is 0 Å². The van der Waals surface area contributed by atoms with Gasteiger partial charge in [-0.05, 0) is 79.1 Å². The van der Waals surface area contributed by atoms with E-state index in [-0.39, 0.29) is 24.5 Å². The summed E-state index contributed by atoms with van der Waals surface area (Å²) in [5, 5.41) is 14.9. The van der Waals surface area contributed by atoms with Gasteiger partial charge in [0.1, 0.15) is 29.7 Å². The largest absolute Gasteiger partial charge is 0.490 e. The van der Waals surface area contributed by atoms with Crippen molar-refractivity contribution in [2.75, 3.05) is 13.4 Å². The highest BCUT2D eigenvalue weighted by atomic mass is 16.7. The summed E-state index contributed by atoms with van der Waals surface area (Å²) < 4.78 is 18.3. The summed E-state index contributed by atoms with van der Waals surface area (Å²) in [6.45, 7) is 7.74. The molecule has 0 unspecified atom stereocenters. The second-order valence-electron chi connectivity index (χ2n) is 10.3. The Bertz CT molecular complexity index is 1910. The van der Waals surface area contributed by atoms with Crippen molar-refractivity contribution in [1.82, 2.24) is 14.7 Å². The maximum Gasteiger partial charge on any atom is 0.271 e. The monoisotopic (exact) mass is 584 g/mol. The quantitative estimate of drug-likeness (QED) is 0.143. The SMILES string of the molecule is C=CCOc1ccc(-c2nn(-c3ccccc3)cc2/C=C2/C(=O)N(Cc3ccc4c(c3)OCO4)C(=O)C(C#N)=C2C)c(C)c1. The third-order valence-electron chi connectivity index (χ3n) is 7.49. The van der Waals surface area contributed by atoms with Crippen molar-refractivity contribution in [3.05, 3.63) is 119 Å². The lowest BCUT2D eigenvalue weighted by Crippen LogP contribution is -2.42.